The van der Waals surface area contributed by atoms with Crippen LogP contribution in [0.25, 0.3) is 0 Å². The Morgan fingerprint density at radius 2 is 2.08 bits per heavy atom. The third kappa shape index (κ3) is 4.41. The van der Waals surface area contributed by atoms with Crippen molar-refractivity contribution in [1.82, 2.24) is 4.31 Å². The number of amides is 1. The van der Waals surface area contributed by atoms with Crippen LogP contribution in [-0.4, -0.2) is 54.9 Å². The molecule has 0 bridgehead atoms. The van der Waals surface area contributed by atoms with Crippen LogP contribution in [0.4, 0.5) is 5.69 Å². The summed E-state index contributed by atoms with van der Waals surface area (Å²) < 4.78 is 26.5. The van der Waals surface area contributed by atoms with Gasteiger partial charge in [-0.3, -0.25) is 4.79 Å². The Balaban J connectivity index is 2.18. The van der Waals surface area contributed by atoms with Crippen molar-refractivity contribution < 1.29 is 18.3 Å². The van der Waals surface area contributed by atoms with Crippen molar-refractivity contribution in [1.29, 1.82) is 0 Å². The van der Waals surface area contributed by atoms with E-state index in [0.29, 0.717) is 19.5 Å². The lowest BCUT2D eigenvalue weighted by molar-refractivity contribution is -0.117. The van der Waals surface area contributed by atoms with E-state index in [1.165, 1.54) is 22.5 Å². The number of nitrogens with one attached hydrogen (secondary N) is 1. The Kier molecular flexibility index (Phi) is 6.50. The van der Waals surface area contributed by atoms with Crippen molar-refractivity contribution in [2.24, 2.45) is 5.73 Å². The summed E-state index contributed by atoms with van der Waals surface area (Å²) in [6.07, 6.45) is 4.10. The number of thioether (sulfide) groups is 1. The first-order valence-electron chi connectivity index (χ1n) is 7.75. The van der Waals surface area contributed by atoms with Crippen LogP contribution in [0.5, 0.6) is 5.75 Å². The molecule has 24 heavy (non-hydrogen) atoms. The van der Waals surface area contributed by atoms with Gasteiger partial charge < -0.3 is 16.2 Å². The summed E-state index contributed by atoms with van der Waals surface area (Å²) in [5.74, 6) is 0.0973. The van der Waals surface area contributed by atoms with Gasteiger partial charge in [-0.2, -0.15) is 16.1 Å². The second kappa shape index (κ2) is 8.19. The third-order valence-electron chi connectivity index (χ3n) is 3.90. The molecule has 1 heterocycles. The first-order valence-corrected chi connectivity index (χ1v) is 10.6. The number of carbonyl (C=O) groups excluding carboxylic acids is 1. The number of nitrogens with zero attached hydrogens (tertiary/aromatic N) is 1. The number of anilines is 1. The number of rotatable bonds is 7. The van der Waals surface area contributed by atoms with Gasteiger partial charge in [-0.05, 0) is 49.5 Å². The topological polar surface area (TPSA) is 113 Å². The summed E-state index contributed by atoms with van der Waals surface area (Å²) in [6.45, 7) is 0.981. The molecule has 0 saturated carbocycles. The summed E-state index contributed by atoms with van der Waals surface area (Å²) in [7, 11) is -3.61. The minimum atomic E-state index is -3.61. The van der Waals surface area contributed by atoms with Crippen molar-refractivity contribution in [3.05, 3.63) is 18.2 Å². The number of sulfonamides is 1. The molecule has 1 aliphatic heterocycles. The van der Waals surface area contributed by atoms with Gasteiger partial charge in [0.15, 0.2) is 0 Å². The maximum absolute atomic E-state index is 12.6. The third-order valence-corrected chi connectivity index (χ3v) is 6.44. The average molecular weight is 374 g/mol. The molecule has 0 aliphatic carbocycles. The van der Waals surface area contributed by atoms with E-state index in [1.807, 2.05) is 6.26 Å². The van der Waals surface area contributed by atoms with Crippen LogP contribution in [0.3, 0.4) is 0 Å². The zero-order chi connectivity index (χ0) is 17.7. The van der Waals surface area contributed by atoms with E-state index in [9.17, 15) is 18.3 Å². The number of aromatic hydroxyl groups is 1. The first-order chi connectivity index (χ1) is 11.4. The lowest BCUT2D eigenvalue weighted by Gasteiger charge is -2.17. The summed E-state index contributed by atoms with van der Waals surface area (Å²) in [6, 6.07) is 3.18. The molecular weight excluding hydrogens is 350 g/mol. The number of phenols is 1. The van der Waals surface area contributed by atoms with Crippen LogP contribution in [0.15, 0.2) is 23.1 Å². The van der Waals surface area contributed by atoms with Gasteiger partial charge in [-0.25, -0.2) is 8.42 Å². The quantitative estimate of drug-likeness (QED) is 0.619. The predicted octanol–water partition coefficient (Wildman–Crippen LogP) is 1.20. The molecule has 1 aliphatic rings. The molecule has 1 amide bonds. The van der Waals surface area contributed by atoms with Crippen LogP contribution in [0.2, 0.25) is 0 Å². The molecule has 1 fully saturated rings. The minimum Gasteiger partial charge on any atom is -0.506 e. The lowest BCUT2D eigenvalue weighted by Crippen LogP contribution is -2.36. The second-order valence-corrected chi connectivity index (χ2v) is 8.59. The van der Waals surface area contributed by atoms with Crippen molar-refractivity contribution in [2.45, 2.75) is 30.2 Å². The van der Waals surface area contributed by atoms with E-state index < -0.39 is 22.0 Å². The molecule has 0 radical (unpaired) electrons. The molecule has 9 heteroatoms. The van der Waals surface area contributed by atoms with E-state index in [4.69, 9.17) is 5.73 Å². The Morgan fingerprint density at radius 1 is 1.42 bits per heavy atom. The number of benzene rings is 1. The van der Waals surface area contributed by atoms with Gasteiger partial charge in [0.25, 0.3) is 0 Å². The highest BCUT2D eigenvalue weighted by molar-refractivity contribution is 7.98. The second-order valence-electron chi connectivity index (χ2n) is 5.67. The number of carbonyl (C=O) groups is 1. The molecule has 1 aromatic carbocycles. The normalized spacial score (nSPS) is 16.9. The molecule has 0 spiro atoms. The summed E-state index contributed by atoms with van der Waals surface area (Å²) >= 11 is 1.58. The van der Waals surface area contributed by atoms with E-state index in [-0.39, 0.29) is 16.3 Å². The Labute approximate surface area is 146 Å². The molecule has 2 rings (SSSR count). The van der Waals surface area contributed by atoms with Crippen LogP contribution in [0, 0.1) is 0 Å². The number of nitrogens with two attached hydrogens (primary N) is 1. The molecule has 1 aromatic rings. The fourth-order valence-electron chi connectivity index (χ4n) is 2.45. The van der Waals surface area contributed by atoms with Crippen LogP contribution < -0.4 is 11.1 Å². The fourth-order valence-corrected chi connectivity index (χ4v) is 4.49. The maximum Gasteiger partial charge on any atom is 0.243 e. The lowest BCUT2D eigenvalue weighted by atomic mass is 10.2. The number of hydrogen-bond acceptors (Lipinski definition) is 6. The Bertz CT molecular complexity index is 688. The summed E-state index contributed by atoms with van der Waals surface area (Å²) in [5, 5.41) is 12.4. The summed E-state index contributed by atoms with van der Waals surface area (Å²) in [4.78, 5) is 12.1. The molecule has 1 unspecified atom stereocenters. The molecule has 134 valence electrons. The molecule has 0 aromatic heterocycles. The fraction of sp³-hybridized carbons (Fsp3) is 0.533. The molecule has 7 nitrogen and oxygen atoms in total. The van der Waals surface area contributed by atoms with Gasteiger partial charge in [0.05, 0.1) is 16.6 Å². The molecular formula is C15H23N3O4S2. The number of hydrogen-bond donors (Lipinski definition) is 3. The van der Waals surface area contributed by atoms with Crippen molar-refractivity contribution >= 4 is 33.4 Å². The van der Waals surface area contributed by atoms with Crippen LogP contribution >= 0.6 is 11.8 Å². The van der Waals surface area contributed by atoms with Gasteiger partial charge >= 0.3 is 0 Å². The smallest absolute Gasteiger partial charge is 0.243 e. The van der Waals surface area contributed by atoms with E-state index in [0.717, 1.165) is 18.6 Å². The van der Waals surface area contributed by atoms with Gasteiger partial charge in [0.2, 0.25) is 15.9 Å². The largest absolute Gasteiger partial charge is 0.506 e. The average Bonchev–Trinajstić information content (AvgIpc) is 3.09. The maximum atomic E-state index is 12.6. The van der Waals surface area contributed by atoms with E-state index >= 15 is 0 Å². The Morgan fingerprint density at radius 3 is 2.71 bits per heavy atom. The van der Waals surface area contributed by atoms with Crippen molar-refractivity contribution in [3.8, 4) is 5.75 Å². The highest BCUT2D eigenvalue weighted by atomic mass is 32.2. The highest BCUT2D eigenvalue weighted by Crippen LogP contribution is 2.29. The van der Waals surface area contributed by atoms with Crippen LogP contribution in [0.1, 0.15) is 19.3 Å². The van der Waals surface area contributed by atoms with Gasteiger partial charge in [-0.15, -0.1) is 0 Å². The molecule has 4 N–H and O–H groups in total. The minimum absolute atomic E-state index is 0.0511. The molecule has 1 atom stereocenters. The Hall–Kier alpha value is -1.29. The SMILES string of the molecule is CSCCC(N)C(=O)Nc1cc(S(=O)(=O)N2CCCC2)ccc1O. The summed E-state index contributed by atoms with van der Waals surface area (Å²) in [5.41, 5.74) is 5.85. The zero-order valence-corrected chi connectivity index (χ0v) is 15.2. The van der Waals surface area contributed by atoms with Crippen molar-refractivity contribution in [2.75, 3.05) is 30.4 Å². The number of phenolic OH excluding ortho intramolecular Hbond substituents is 1. The monoisotopic (exact) mass is 373 g/mol. The first kappa shape index (κ1) is 19.0. The van der Waals surface area contributed by atoms with Gasteiger partial charge in [0, 0.05) is 13.1 Å². The highest BCUT2D eigenvalue weighted by Gasteiger charge is 2.28. The van der Waals surface area contributed by atoms with Crippen LogP contribution in [-0.2, 0) is 14.8 Å². The van der Waals surface area contributed by atoms with E-state index in [2.05, 4.69) is 5.32 Å². The standard InChI is InChI=1S/C15H23N3O4S2/c1-23-9-6-12(16)15(20)17-13-10-11(4-5-14(13)19)24(21,22)18-7-2-3-8-18/h4-5,10,12,19H,2-3,6-9,16H2,1H3,(H,17,20). The zero-order valence-electron chi connectivity index (χ0n) is 13.6. The van der Waals surface area contributed by atoms with E-state index in [1.54, 1.807) is 11.8 Å². The van der Waals surface area contributed by atoms with Crippen molar-refractivity contribution in [3.63, 3.8) is 0 Å². The predicted molar refractivity (Wildman–Crippen MR) is 95.7 cm³/mol. The van der Waals surface area contributed by atoms with Gasteiger partial charge in [0.1, 0.15) is 5.75 Å². The molecule has 1 saturated heterocycles. The van der Waals surface area contributed by atoms with Gasteiger partial charge in [-0.1, -0.05) is 0 Å².